The van der Waals surface area contributed by atoms with Crippen LogP contribution in [-0.4, -0.2) is 22.6 Å². The molecule has 90 valence electrons. The van der Waals surface area contributed by atoms with Gasteiger partial charge in [0.1, 0.15) is 12.4 Å². The van der Waals surface area contributed by atoms with Crippen molar-refractivity contribution in [1.29, 1.82) is 0 Å². The average Bonchev–Trinajstić information content (AvgIpc) is 2.25. The molecule has 0 radical (unpaired) electrons. The van der Waals surface area contributed by atoms with E-state index in [1.54, 1.807) is 0 Å². The molecule has 0 bridgehead atoms. The molecule has 0 aliphatic heterocycles. The van der Waals surface area contributed by atoms with Crippen molar-refractivity contribution in [2.45, 2.75) is 0 Å². The lowest BCUT2D eigenvalue weighted by Gasteiger charge is -2.04. The van der Waals surface area contributed by atoms with Gasteiger partial charge in [-0.25, -0.2) is 4.79 Å². The lowest BCUT2D eigenvalue weighted by molar-refractivity contribution is -0.385. The molecule has 17 heavy (non-hydrogen) atoms. The Morgan fingerprint density at radius 3 is 2.82 bits per heavy atom. The van der Waals surface area contributed by atoms with Crippen molar-refractivity contribution in [2.24, 2.45) is 0 Å². The number of benzene rings is 1. The number of nitrogens with zero attached hydrogens (tertiary/aromatic N) is 1. The number of nitro groups is 1. The van der Waals surface area contributed by atoms with E-state index in [1.807, 2.05) is 0 Å². The number of carboxylic acid groups (broad SMARTS) is 1. The molecule has 7 heteroatoms. The molecule has 0 unspecified atom stereocenters. The van der Waals surface area contributed by atoms with Gasteiger partial charge in [0, 0.05) is 18.2 Å². The standard InChI is InChI=1S/C10H8BrNO5/c11-8-6-7(12(15)16)3-4-9(8)17-5-1-2-10(13)14/h1-4,6H,5H2,(H,13,14)/b2-1+. The smallest absolute Gasteiger partial charge is 0.328 e. The summed E-state index contributed by atoms with van der Waals surface area (Å²) in [7, 11) is 0. The van der Waals surface area contributed by atoms with Gasteiger partial charge in [0.2, 0.25) is 0 Å². The van der Waals surface area contributed by atoms with E-state index in [2.05, 4.69) is 15.9 Å². The van der Waals surface area contributed by atoms with Gasteiger partial charge in [-0.05, 0) is 28.1 Å². The second-order valence-corrected chi connectivity index (χ2v) is 3.78. The van der Waals surface area contributed by atoms with Crippen LogP contribution in [0.5, 0.6) is 5.75 Å². The van der Waals surface area contributed by atoms with Crippen LogP contribution in [0.3, 0.4) is 0 Å². The first-order valence-corrected chi connectivity index (χ1v) is 5.26. The van der Waals surface area contributed by atoms with Gasteiger partial charge in [-0.1, -0.05) is 0 Å². The third-order valence-corrected chi connectivity index (χ3v) is 2.34. The number of hydrogen-bond acceptors (Lipinski definition) is 4. The molecule has 0 aromatic heterocycles. The van der Waals surface area contributed by atoms with Gasteiger partial charge in [0.25, 0.3) is 5.69 Å². The molecule has 1 N–H and O–H groups in total. The highest BCUT2D eigenvalue weighted by atomic mass is 79.9. The number of non-ortho nitro benzene ring substituents is 1. The first-order chi connectivity index (χ1) is 8.00. The lowest BCUT2D eigenvalue weighted by Crippen LogP contribution is -1.97. The van der Waals surface area contributed by atoms with Crippen LogP contribution in [-0.2, 0) is 4.79 Å². The first-order valence-electron chi connectivity index (χ1n) is 4.47. The van der Waals surface area contributed by atoms with Gasteiger partial charge in [0.05, 0.1) is 9.40 Å². The zero-order valence-electron chi connectivity index (χ0n) is 8.50. The number of nitro benzene ring substituents is 1. The fraction of sp³-hybridized carbons (Fsp3) is 0.100. The summed E-state index contributed by atoms with van der Waals surface area (Å²) in [6, 6.07) is 4.06. The second-order valence-electron chi connectivity index (χ2n) is 2.92. The molecule has 0 saturated heterocycles. The highest BCUT2D eigenvalue weighted by molar-refractivity contribution is 9.10. The molecular formula is C10H8BrNO5. The summed E-state index contributed by atoms with van der Waals surface area (Å²) in [4.78, 5) is 20.1. The van der Waals surface area contributed by atoms with Crippen LogP contribution < -0.4 is 4.74 Å². The molecule has 0 saturated carbocycles. The summed E-state index contributed by atoms with van der Waals surface area (Å²) in [5, 5.41) is 18.8. The lowest BCUT2D eigenvalue weighted by atomic mass is 10.3. The highest BCUT2D eigenvalue weighted by Crippen LogP contribution is 2.28. The van der Waals surface area contributed by atoms with Crippen LogP contribution in [0.4, 0.5) is 5.69 Å². The predicted octanol–water partition coefficient (Wildman–Crippen LogP) is 2.38. The number of halogens is 1. The van der Waals surface area contributed by atoms with Crippen molar-refractivity contribution >= 4 is 27.6 Å². The van der Waals surface area contributed by atoms with E-state index >= 15 is 0 Å². The van der Waals surface area contributed by atoms with Crippen molar-refractivity contribution in [2.75, 3.05) is 6.61 Å². The minimum absolute atomic E-state index is 0.0506. The van der Waals surface area contributed by atoms with Gasteiger partial charge in [-0.2, -0.15) is 0 Å². The maximum atomic E-state index is 10.5. The maximum absolute atomic E-state index is 10.5. The third-order valence-electron chi connectivity index (χ3n) is 1.72. The van der Waals surface area contributed by atoms with E-state index in [-0.39, 0.29) is 12.3 Å². The molecule has 0 aliphatic rings. The molecule has 0 amide bonds. The van der Waals surface area contributed by atoms with Crippen LogP contribution in [0, 0.1) is 10.1 Å². The first kappa shape index (κ1) is 13.2. The van der Waals surface area contributed by atoms with Gasteiger partial charge >= 0.3 is 5.97 Å². The number of ether oxygens (including phenoxy) is 1. The zero-order chi connectivity index (χ0) is 12.8. The Labute approximate surface area is 105 Å². The minimum Gasteiger partial charge on any atom is -0.488 e. The fourth-order valence-electron chi connectivity index (χ4n) is 1.01. The Morgan fingerprint density at radius 2 is 2.29 bits per heavy atom. The van der Waals surface area contributed by atoms with E-state index in [0.717, 1.165) is 6.08 Å². The Balaban J connectivity index is 2.67. The van der Waals surface area contributed by atoms with Gasteiger partial charge < -0.3 is 9.84 Å². The predicted molar refractivity (Wildman–Crippen MR) is 63.1 cm³/mol. The molecule has 0 spiro atoms. The highest BCUT2D eigenvalue weighted by Gasteiger charge is 2.09. The molecule has 1 rings (SSSR count). The molecular weight excluding hydrogens is 294 g/mol. The summed E-state index contributed by atoms with van der Waals surface area (Å²) in [6.45, 7) is 0.0721. The van der Waals surface area contributed by atoms with Crippen LogP contribution in [0.2, 0.25) is 0 Å². The minimum atomic E-state index is -1.06. The van der Waals surface area contributed by atoms with Crippen LogP contribution >= 0.6 is 15.9 Å². The van der Waals surface area contributed by atoms with E-state index < -0.39 is 10.9 Å². The normalized spacial score (nSPS) is 10.4. The third kappa shape index (κ3) is 4.23. The number of carbonyl (C=O) groups is 1. The van der Waals surface area contributed by atoms with Crippen molar-refractivity contribution in [3.05, 3.63) is 44.9 Å². The quantitative estimate of drug-likeness (QED) is 0.512. The molecule has 6 nitrogen and oxygen atoms in total. The summed E-state index contributed by atoms with van der Waals surface area (Å²) >= 11 is 3.13. The molecule has 0 aliphatic carbocycles. The number of carboxylic acids is 1. The van der Waals surface area contributed by atoms with Crippen LogP contribution in [0.1, 0.15) is 0 Å². The fourth-order valence-corrected chi connectivity index (χ4v) is 1.49. The Hall–Kier alpha value is -1.89. The Bertz CT molecular complexity index is 472. The number of hydrogen-bond donors (Lipinski definition) is 1. The molecule has 1 aromatic carbocycles. The molecule has 0 atom stereocenters. The Morgan fingerprint density at radius 1 is 1.59 bits per heavy atom. The van der Waals surface area contributed by atoms with Gasteiger partial charge in [-0.15, -0.1) is 0 Å². The largest absolute Gasteiger partial charge is 0.488 e. The van der Waals surface area contributed by atoms with E-state index in [0.29, 0.717) is 10.2 Å². The Kier molecular flexibility index (Phi) is 4.65. The van der Waals surface area contributed by atoms with E-state index in [9.17, 15) is 14.9 Å². The summed E-state index contributed by atoms with van der Waals surface area (Å²) in [6.07, 6.45) is 2.29. The molecule has 1 aromatic rings. The van der Waals surface area contributed by atoms with Crippen molar-refractivity contribution in [1.82, 2.24) is 0 Å². The monoisotopic (exact) mass is 301 g/mol. The summed E-state index contributed by atoms with van der Waals surface area (Å²) in [5.74, 6) is -0.651. The van der Waals surface area contributed by atoms with Crippen molar-refractivity contribution in [3.8, 4) is 5.75 Å². The second kappa shape index (κ2) is 6.00. The van der Waals surface area contributed by atoms with Crippen molar-refractivity contribution < 1.29 is 19.6 Å². The molecule has 0 heterocycles. The summed E-state index contributed by atoms with van der Waals surface area (Å²) < 4.78 is 5.64. The number of aliphatic carboxylic acids is 1. The zero-order valence-corrected chi connectivity index (χ0v) is 10.1. The summed E-state index contributed by atoms with van der Waals surface area (Å²) in [5.41, 5.74) is -0.0506. The molecule has 0 fully saturated rings. The topological polar surface area (TPSA) is 89.7 Å². The maximum Gasteiger partial charge on any atom is 0.328 e. The van der Waals surface area contributed by atoms with Crippen LogP contribution in [0.15, 0.2) is 34.8 Å². The SMILES string of the molecule is O=C(O)/C=C/COc1ccc([N+](=O)[O-])cc1Br. The van der Waals surface area contributed by atoms with E-state index in [1.165, 1.54) is 24.3 Å². The van der Waals surface area contributed by atoms with Gasteiger partial charge in [-0.3, -0.25) is 10.1 Å². The van der Waals surface area contributed by atoms with Crippen LogP contribution in [0.25, 0.3) is 0 Å². The average molecular weight is 302 g/mol. The number of rotatable bonds is 5. The van der Waals surface area contributed by atoms with Crippen molar-refractivity contribution in [3.63, 3.8) is 0 Å². The van der Waals surface area contributed by atoms with Gasteiger partial charge in [0.15, 0.2) is 0 Å². The van der Waals surface area contributed by atoms with E-state index in [4.69, 9.17) is 9.84 Å².